The average Bonchev–Trinajstić information content (AvgIpc) is 3.76. The summed E-state index contributed by atoms with van der Waals surface area (Å²) in [7, 11) is 0. The normalized spacial score (nSPS) is 12.2. The molecule has 8 aromatic carbocycles. The number of hydrogen-bond donors (Lipinski definition) is 0. The maximum absolute atomic E-state index is 15.1. The molecule has 0 radical (unpaired) electrons. The van der Waals surface area contributed by atoms with E-state index in [1.54, 1.807) is 0 Å². The van der Waals surface area contributed by atoms with Crippen molar-refractivity contribution in [1.82, 2.24) is 9.13 Å². The lowest BCUT2D eigenvalue weighted by Gasteiger charge is -2.23. The van der Waals surface area contributed by atoms with Crippen LogP contribution in [-0.4, -0.2) is 9.13 Å². The molecule has 0 atom stereocenters. The number of halogens is 6. The van der Waals surface area contributed by atoms with Crippen molar-refractivity contribution in [2.45, 2.75) is 53.9 Å². The summed E-state index contributed by atoms with van der Waals surface area (Å²) in [5.74, 6) is 0. The molecular formula is C57H41F6N3. The molecule has 0 unspecified atom stereocenters. The summed E-state index contributed by atoms with van der Waals surface area (Å²) < 4.78 is 94.4. The Balaban J connectivity index is 1.41. The molecule has 0 bridgehead atoms. The maximum atomic E-state index is 15.1. The molecule has 9 heteroatoms. The molecule has 10 rings (SSSR count). The van der Waals surface area contributed by atoms with Crippen LogP contribution in [0.15, 0.2) is 140 Å². The monoisotopic (exact) mass is 881 g/mol. The lowest BCUT2D eigenvalue weighted by Crippen LogP contribution is -2.15. The van der Waals surface area contributed by atoms with Crippen molar-refractivity contribution >= 4 is 43.6 Å². The Hall–Kier alpha value is -7.57. The van der Waals surface area contributed by atoms with Crippen LogP contribution in [0.5, 0.6) is 0 Å². The fraction of sp³-hybridized carbons (Fsp3) is 0.140. The molecule has 0 aliphatic heterocycles. The van der Waals surface area contributed by atoms with E-state index in [2.05, 4.69) is 56.3 Å². The van der Waals surface area contributed by atoms with Gasteiger partial charge in [-0.15, -0.1) is 0 Å². The SMILES string of the molecule is Cc1cc(C)c(-c2ccc3c4ccccc4n(-c4cc(C#N)c(-c5c(C(F)(F)F)cccc5C(F)(F)F)cc4-n4c5ccccc5c5ccc(-c6c(C)cc(C)cc6C)cc54)c3c2)c(C)c1. The van der Waals surface area contributed by atoms with Gasteiger partial charge in [0.15, 0.2) is 0 Å². The van der Waals surface area contributed by atoms with Crippen molar-refractivity contribution in [2.75, 3.05) is 0 Å². The Morgan fingerprint density at radius 3 is 1.21 bits per heavy atom. The third-order valence-electron chi connectivity index (χ3n) is 12.9. The van der Waals surface area contributed by atoms with Gasteiger partial charge < -0.3 is 9.13 Å². The summed E-state index contributed by atoms with van der Waals surface area (Å²) in [6.45, 7) is 12.3. The highest BCUT2D eigenvalue weighted by Crippen LogP contribution is 2.48. The van der Waals surface area contributed by atoms with E-state index < -0.39 is 34.6 Å². The molecule has 10 aromatic rings. The minimum Gasteiger partial charge on any atom is -0.307 e. The summed E-state index contributed by atoms with van der Waals surface area (Å²) in [5, 5.41) is 14.4. The van der Waals surface area contributed by atoms with E-state index in [0.717, 1.165) is 94.3 Å². The van der Waals surface area contributed by atoms with Gasteiger partial charge in [-0.05, 0) is 135 Å². The van der Waals surface area contributed by atoms with Gasteiger partial charge in [0.25, 0.3) is 0 Å². The summed E-state index contributed by atoms with van der Waals surface area (Å²) in [4.78, 5) is 0. The zero-order valence-corrected chi connectivity index (χ0v) is 36.9. The van der Waals surface area contributed by atoms with Crippen LogP contribution in [-0.2, 0) is 12.4 Å². The molecule has 0 aliphatic carbocycles. The van der Waals surface area contributed by atoms with Crippen molar-refractivity contribution in [3.05, 3.63) is 190 Å². The number of fused-ring (bicyclic) bond motifs is 6. The first-order chi connectivity index (χ1) is 31.4. The van der Waals surface area contributed by atoms with Crippen LogP contribution in [0.3, 0.4) is 0 Å². The molecular weight excluding hydrogens is 841 g/mol. The molecule has 0 saturated heterocycles. The standard InChI is InChI=1S/C57H41F6N3/c1-31-22-33(3)53(34(4)23-31)37-18-20-42-40-12-7-9-16-47(40)65(49(42)26-37)51-28-39(30-64)44(55-45(56(58,59)60)14-11-15-46(55)57(61,62)63)29-52(51)66-48-17-10-8-13-41(48)43-21-19-38(27-50(43)66)54-35(5)24-32(2)25-36(54)6/h7-29H,1-6H3. The lowest BCUT2D eigenvalue weighted by atomic mass is 9.89. The van der Waals surface area contributed by atoms with Crippen LogP contribution in [0.25, 0.3) is 88.4 Å². The molecule has 326 valence electrons. The number of nitrogens with zero attached hydrogens (tertiary/aromatic N) is 3. The largest absolute Gasteiger partial charge is 0.417 e. The second-order valence-corrected chi connectivity index (χ2v) is 17.4. The van der Waals surface area contributed by atoms with E-state index >= 15 is 26.3 Å². The van der Waals surface area contributed by atoms with E-state index in [4.69, 9.17) is 0 Å². The van der Waals surface area contributed by atoms with Crippen molar-refractivity contribution < 1.29 is 26.3 Å². The molecule has 2 aromatic heterocycles. The van der Waals surface area contributed by atoms with Crippen molar-refractivity contribution in [3.63, 3.8) is 0 Å². The molecule has 0 amide bonds. The molecule has 66 heavy (non-hydrogen) atoms. The third-order valence-corrected chi connectivity index (χ3v) is 12.9. The molecule has 0 spiro atoms. The van der Waals surface area contributed by atoms with Crippen molar-refractivity contribution in [2.24, 2.45) is 0 Å². The number of para-hydroxylation sites is 2. The van der Waals surface area contributed by atoms with Gasteiger partial charge in [-0.2, -0.15) is 31.6 Å². The van der Waals surface area contributed by atoms with Crippen LogP contribution in [0.1, 0.15) is 50.1 Å². The summed E-state index contributed by atoms with van der Waals surface area (Å²) in [6, 6.07) is 43.0. The second-order valence-electron chi connectivity index (χ2n) is 17.4. The number of hydrogen-bond acceptors (Lipinski definition) is 1. The molecule has 0 saturated carbocycles. The molecule has 0 fully saturated rings. The smallest absolute Gasteiger partial charge is 0.307 e. The Labute approximate surface area is 377 Å². The zero-order chi connectivity index (χ0) is 46.6. The highest BCUT2D eigenvalue weighted by atomic mass is 19.4. The van der Waals surface area contributed by atoms with E-state index in [0.29, 0.717) is 28.9 Å². The number of benzene rings is 8. The summed E-state index contributed by atoms with van der Waals surface area (Å²) in [5.41, 5.74) is 8.96. The van der Waals surface area contributed by atoms with Gasteiger partial charge in [-0.1, -0.05) is 102 Å². The average molecular weight is 882 g/mol. The van der Waals surface area contributed by atoms with E-state index in [9.17, 15) is 5.26 Å². The summed E-state index contributed by atoms with van der Waals surface area (Å²) in [6.07, 6.45) is -10.4. The van der Waals surface area contributed by atoms with Gasteiger partial charge in [0.1, 0.15) is 0 Å². The first kappa shape index (κ1) is 42.4. The Kier molecular flexibility index (Phi) is 9.81. The van der Waals surface area contributed by atoms with Gasteiger partial charge in [0.05, 0.1) is 56.2 Å². The van der Waals surface area contributed by atoms with Gasteiger partial charge in [-0.3, -0.25) is 0 Å². The Morgan fingerprint density at radius 1 is 0.409 bits per heavy atom. The minimum atomic E-state index is -5.19. The maximum Gasteiger partial charge on any atom is 0.417 e. The number of aromatic nitrogens is 2. The highest BCUT2D eigenvalue weighted by molar-refractivity contribution is 6.13. The second kappa shape index (κ2) is 15.3. The van der Waals surface area contributed by atoms with Crippen LogP contribution >= 0.6 is 0 Å². The van der Waals surface area contributed by atoms with Crippen LogP contribution in [0, 0.1) is 52.9 Å². The van der Waals surface area contributed by atoms with Crippen LogP contribution in [0.2, 0.25) is 0 Å². The third kappa shape index (κ3) is 6.74. The Bertz CT molecular complexity index is 3630. The summed E-state index contributed by atoms with van der Waals surface area (Å²) >= 11 is 0. The molecule has 0 aliphatic rings. The van der Waals surface area contributed by atoms with Crippen LogP contribution < -0.4 is 0 Å². The van der Waals surface area contributed by atoms with Crippen molar-refractivity contribution in [1.29, 1.82) is 5.26 Å². The molecule has 3 nitrogen and oxygen atoms in total. The number of alkyl halides is 6. The van der Waals surface area contributed by atoms with E-state index in [1.165, 1.54) is 12.1 Å². The number of rotatable bonds is 5. The van der Waals surface area contributed by atoms with Gasteiger partial charge in [-0.25, -0.2) is 0 Å². The van der Waals surface area contributed by atoms with Gasteiger partial charge in [0.2, 0.25) is 0 Å². The topological polar surface area (TPSA) is 33.6 Å². The minimum absolute atomic E-state index is 0.283. The molecule has 2 heterocycles. The first-order valence-corrected chi connectivity index (χ1v) is 21.5. The van der Waals surface area contributed by atoms with Crippen LogP contribution in [0.4, 0.5) is 26.3 Å². The van der Waals surface area contributed by atoms with Gasteiger partial charge in [0, 0.05) is 32.7 Å². The van der Waals surface area contributed by atoms with E-state index in [-0.39, 0.29) is 11.3 Å². The number of nitriles is 1. The van der Waals surface area contributed by atoms with Gasteiger partial charge >= 0.3 is 12.4 Å². The number of aryl methyl sites for hydroxylation is 6. The quantitative estimate of drug-likeness (QED) is 0.159. The van der Waals surface area contributed by atoms with Crippen molar-refractivity contribution in [3.8, 4) is 50.8 Å². The predicted molar refractivity (Wildman–Crippen MR) is 255 cm³/mol. The van der Waals surface area contributed by atoms with E-state index in [1.807, 2.05) is 110 Å². The molecule has 0 N–H and O–H groups in total. The first-order valence-electron chi connectivity index (χ1n) is 21.5. The Morgan fingerprint density at radius 2 is 0.803 bits per heavy atom. The zero-order valence-electron chi connectivity index (χ0n) is 36.9. The predicted octanol–water partition coefficient (Wildman–Crippen LogP) is 16.6. The lowest BCUT2D eigenvalue weighted by molar-refractivity contribution is -0.142. The highest BCUT2D eigenvalue weighted by Gasteiger charge is 2.42. The fourth-order valence-electron chi connectivity index (χ4n) is 10.6. The fourth-order valence-corrected chi connectivity index (χ4v) is 10.6.